The number of phosphoric ester groups is 1. The third-order valence-electron chi connectivity index (χ3n) is 4.34. The zero-order chi connectivity index (χ0) is 20.7. The van der Waals surface area contributed by atoms with E-state index in [4.69, 9.17) is 9.79 Å². The number of hydrogen-bond acceptors (Lipinski definition) is 2. The fourth-order valence-electron chi connectivity index (χ4n) is 3.00. The lowest BCUT2D eigenvalue weighted by Crippen LogP contribution is -2.50. The highest BCUT2D eigenvalue weighted by atomic mass is 31.2. The van der Waals surface area contributed by atoms with E-state index < -0.39 is 13.4 Å². The van der Waals surface area contributed by atoms with Gasteiger partial charge in [0, 0.05) is 0 Å². The predicted octanol–water partition coefficient (Wildman–Crippen LogP) is 5.90. The molecule has 0 bridgehead atoms. The molecular weight excluding hydrogens is 349 g/mol. The van der Waals surface area contributed by atoms with Gasteiger partial charge in [0.1, 0.15) is 0 Å². The maximum absolute atomic E-state index is 10.1. The number of phosphoric acid groups is 1. The van der Waals surface area contributed by atoms with Crippen LogP contribution in [0.5, 0.6) is 0 Å². The van der Waals surface area contributed by atoms with Crippen molar-refractivity contribution in [2.45, 2.75) is 105 Å². The summed E-state index contributed by atoms with van der Waals surface area (Å²) in [6.45, 7) is 19.7. The average molecular weight is 397 g/mol. The molecular formula is C20H47NO4P+. The molecule has 0 aromatic carbocycles. The van der Waals surface area contributed by atoms with Gasteiger partial charge in [-0.25, -0.2) is 4.57 Å². The lowest BCUT2D eigenvalue weighted by atomic mass is 10.1. The number of nitrogens with zero attached hydrogens (tertiary/aromatic N) is 1. The van der Waals surface area contributed by atoms with Crippen molar-refractivity contribution in [3.05, 3.63) is 0 Å². The van der Waals surface area contributed by atoms with E-state index in [9.17, 15) is 4.57 Å². The molecule has 0 saturated heterocycles. The first-order valence-electron chi connectivity index (χ1n) is 10.6. The number of hydrogen-bond donors (Lipinski definition) is 2. The Bertz CT molecular complexity index is 326. The molecule has 0 aromatic rings. The quantitative estimate of drug-likeness (QED) is 0.300. The first-order valence-corrected chi connectivity index (χ1v) is 12.1. The molecule has 6 heteroatoms. The summed E-state index contributed by atoms with van der Waals surface area (Å²) < 4.78 is 15.8. The molecule has 0 heterocycles. The number of unbranched alkanes of at least 4 members (excludes halogenated alkanes) is 4. The van der Waals surface area contributed by atoms with Crippen molar-refractivity contribution >= 4 is 7.82 Å². The van der Waals surface area contributed by atoms with Crippen molar-refractivity contribution in [2.75, 3.05) is 26.2 Å². The van der Waals surface area contributed by atoms with Gasteiger partial charge >= 0.3 is 7.82 Å². The molecule has 0 saturated carbocycles. The van der Waals surface area contributed by atoms with Crippen molar-refractivity contribution in [1.82, 2.24) is 0 Å². The summed E-state index contributed by atoms with van der Waals surface area (Å²) in [7, 11) is -4.29. The van der Waals surface area contributed by atoms with Crippen LogP contribution in [0.1, 0.15) is 99.8 Å². The van der Waals surface area contributed by atoms with E-state index in [0.29, 0.717) is 0 Å². The Hall–Kier alpha value is 0.0700. The van der Waals surface area contributed by atoms with Crippen LogP contribution in [-0.2, 0) is 9.09 Å². The molecule has 0 rings (SSSR count). The van der Waals surface area contributed by atoms with Gasteiger partial charge in [-0.2, -0.15) is 0 Å². The maximum atomic E-state index is 10.1. The third kappa shape index (κ3) is 18.8. The van der Waals surface area contributed by atoms with Crippen molar-refractivity contribution in [1.29, 1.82) is 0 Å². The number of rotatable bonds is 13. The van der Waals surface area contributed by atoms with Crippen molar-refractivity contribution in [2.24, 2.45) is 0 Å². The molecule has 0 radical (unpaired) electrons. The van der Waals surface area contributed by atoms with Crippen molar-refractivity contribution in [3.8, 4) is 0 Å². The van der Waals surface area contributed by atoms with Gasteiger partial charge in [-0.15, -0.1) is 0 Å². The van der Waals surface area contributed by atoms with Crippen molar-refractivity contribution < 1.29 is 23.4 Å². The summed E-state index contributed by atoms with van der Waals surface area (Å²) in [6.07, 6.45) is 11.1. The zero-order valence-corrected chi connectivity index (χ0v) is 19.5. The van der Waals surface area contributed by atoms with Crippen LogP contribution in [0.4, 0.5) is 0 Å². The number of quaternary nitrogens is 1. The van der Waals surface area contributed by atoms with Gasteiger partial charge < -0.3 is 14.3 Å². The molecule has 0 unspecified atom stereocenters. The Balaban J connectivity index is 0. The Morgan fingerprint density at radius 1 is 0.731 bits per heavy atom. The second-order valence-corrected chi connectivity index (χ2v) is 9.51. The van der Waals surface area contributed by atoms with E-state index >= 15 is 0 Å². The highest BCUT2D eigenvalue weighted by molar-refractivity contribution is 7.46. The molecule has 0 fully saturated rings. The Labute approximate surface area is 163 Å². The average Bonchev–Trinajstić information content (AvgIpc) is 2.50. The molecule has 0 aliphatic carbocycles. The third-order valence-corrected chi connectivity index (χ3v) is 5.12. The summed E-state index contributed by atoms with van der Waals surface area (Å²) in [4.78, 5) is 16.5. The van der Waals surface area contributed by atoms with Crippen molar-refractivity contribution in [3.63, 3.8) is 0 Å². The molecule has 0 aliphatic heterocycles. The van der Waals surface area contributed by atoms with Crippen LogP contribution < -0.4 is 0 Å². The molecule has 5 nitrogen and oxygen atoms in total. The van der Waals surface area contributed by atoms with Crippen LogP contribution in [0, 0.1) is 0 Å². The summed E-state index contributed by atoms with van der Waals surface area (Å²) in [6, 6.07) is 0. The van der Waals surface area contributed by atoms with Gasteiger partial charge in [-0.1, -0.05) is 53.4 Å². The minimum Gasteiger partial charge on any atom is -0.324 e. The molecule has 2 N–H and O–H groups in total. The molecule has 26 heavy (non-hydrogen) atoms. The van der Waals surface area contributed by atoms with Gasteiger partial charge in [0.05, 0.1) is 31.8 Å². The van der Waals surface area contributed by atoms with Crippen LogP contribution in [-0.4, -0.2) is 46.0 Å². The van der Waals surface area contributed by atoms with Gasteiger partial charge in [0.25, 0.3) is 0 Å². The minimum atomic E-state index is -4.29. The van der Waals surface area contributed by atoms with E-state index in [-0.39, 0.29) is 0 Å². The SMILES string of the molecule is CC(C)(C)OP(=O)(O)O.CCCC[N+](CCCC)(CCCC)CCCC. The first kappa shape index (κ1) is 28.3. The first-order chi connectivity index (χ1) is 11.9. The molecule has 0 aromatic heterocycles. The monoisotopic (exact) mass is 396 g/mol. The smallest absolute Gasteiger partial charge is 0.324 e. The summed E-state index contributed by atoms with van der Waals surface area (Å²) >= 11 is 0. The van der Waals surface area contributed by atoms with E-state index in [1.807, 2.05) is 0 Å². The van der Waals surface area contributed by atoms with Gasteiger partial charge in [0.15, 0.2) is 0 Å². The summed E-state index contributed by atoms with van der Waals surface area (Å²) in [5, 5.41) is 0. The fourth-order valence-corrected chi connectivity index (χ4v) is 3.72. The lowest BCUT2D eigenvalue weighted by Gasteiger charge is -2.39. The van der Waals surface area contributed by atoms with Crippen LogP contribution in [0.15, 0.2) is 0 Å². The normalized spacial score (nSPS) is 12.7. The van der Waals surface area contributed by atoms with Crippen LogP contribution in [0.25, 0.3) is 0 Å². The molecule has 0 amide bonds. The Morgan fingerprint density at radius 3 is 1.12 bits per heavy atom. The van der Waals surface area contributed by atoms with Crippen LogP contribution >= 0.6 is 7.82 Å². The molecule has 0 spiro atoms. The van der Waals surface area contributed by atoms with E-state index in [1.54, 1.807) is 20.8 Å². The Morgan fingerprint density at radius 2 is 1.00 bits per heavy atom. The predicted molar refractivity (Wildman–Crippen MR) is 112 cm³/mol. The second kappa shape index (κ2) is 15.0. The van der Waals surface area contributed by atoms with Gasteiger partial charge in [-0.05, 0) is 46.5 Å². The van der Waals surface area contributed by atoms with Crippen LogP contribution in [0.3, 0.4) is 0 Å². The van der Waals surface area contributed by atoms with Gasteiger partial charge in [0.2, 0.25) is 0 Å². The highest BCUT2D eigenvalue weighted by Crippen LogP contribution is 2.40. The fraction of sp³-hybridized carbons (Fsp3) is 1.00. The van der Waals surface area contributed by atoms with E-state index in [1.165, 1.54) is 82.0 Å². The standard InChI is InChI=1S/C16H36N.C4H11O4P/c1-5-9-13-17(14-10-6-2,15-11-7-3)16-12-8-4;1-4(2,3)8-9(5,6)7/h5-16H2,1-4H3;1-3H3,(H2,5,6,7)/q+1;. The molecule has 0 aliphatic rings. The zero-order valence-electron chi connectivity index (χ0n) is 18.6. The summed E-state index contributed by atoms with van der Waals surface area (Å²) in [5.41, 5.74) is -0.779. The van der Waals surface area contributed by atoms with E-state index in [2.05, 4.69) is 32.2 Å². The minimum absolute atomic E-state index is 0.779. The molecule has 0 atom stereocenters. The van der Waals surface area contributed by atoms with E-state index in [0.717, 1.165) is 0 Å². The molecule has 160 valence electrons. The topological polar surface area (TPSA) is 66.8 Å². The summed E-state index contributed by atoms with van der Waals surface area (Å²) in [5.74, 6) is 0. The lowest BCUT2D eigenvalue weighted by molar-refractivity contribution is -0.929. The van der Waals surface area contributed by atoms with Crippen LogP contribution in [0.2, 0.25) is 0 Å². The maximum Gasteiger partial charge on any atom is 0.470 e. The Kier molecular flexibility index (Phi) is 16.4. The largest absolute Gasteiger partial charge is 0.470 e. The second-order valence-electron chi connectivity index (χ2n) is 8.34. The van der Waals surface area contributed by atoms with Gasteiger partial charge in [-0.3, -0.25) is 4.52 Å². The highest BCUT2D eigenvalue weighted by Gasteiger charge is 2.25.